The predicted molar refractivity (Wildman–Crippen MR) is 160 cm³/mol. The van der Waals surface area contributed by atoms with Gasteiger partial charge in [-0.15, -0.1) is 0 Å². The van der Waals surface area contributed by atoms with Gasteiger partial charge in [-0.05, 0) is 85.5 Å². The van der Waals surface area contributed by atoms with Crippen LogP contribution in [0.2, 0.25) is 0 Å². The minimum Gasteiger partial charge on any atom is -0.276 e. The molecule has 0 fully saturated rings. The first-order chi connectivity index (χ1) is 20.2. The Balaban J connectivity index is 1.46. The molecule has 6 aromatic rings. The fourth-order valence-corrected chi connectivity index (χ4v) is 6.80. The minimum atomic E-state index is -0.519. The number of rotatable bonds is 2. The van der Waals surface area contributed by atoms with Crippen LogP contribution in [0.5, 0.6) is 0 Å². The van der Waals surface area contributed by atoms with Gasteiger partial charge in [0.05, 0.1) is 17.6 Å². The standard InChI is InChI=1S/C37H20N4/c1-39-28-15-27(21-41-22-28)25-11-13-32-31-12-10-24(26-14-23(18-38)19-40-20-26)16-35(31)37(36(32)17-25)33-8-4-2-6-29(33)30-7-3-5-9-34(30)37/h2-17,19-22H. The molecule has 8 rings (SSSR count). The van der Waals surface area contributed by atoms with Crippen LogP contribution in [0.4, 0.5) is 5.69 Å². The van der Waals surface area contributed by atoms with Crippen LogP contribution >= 0.6 is 0 Å². The Morgan fingerprint density at radius 3 is 1.68 bits per heavy atom. The van der Waals surface area contributed by atoms with Crippen LogP contribution in [-0.4, -0.2) is 9.97 Å². The van der Waals surface area contributed by atoms with Crippen molar-refractivity contribution in [1.82, 2.24) is 9.97 Å². The van der Waals surface area contributed by atoms with Crippen LogP contribution < -0.4 is 0 Å². The Morgan fingerprint density at radius 1 is 0.561 bits per heavy atom. The summed E-state index contributed by atoms with van der Waals surface area (Å²) >= 11 is 0. The highest BCUT2D eigenvalue weighted by atomic mass is 14.7. The monoisotopic (exact) mass is 520 g/mol. The second-order valence-corrected chi connectivity index (χ2v) is 10.5. The van der Waals surface area contributed by atoms with Gasteiger partial charge in [0.1, 0.15) is 6.07 Å². The third-order valence-corrected chi connectivity index (χ3v) is 8.48. The largest absolute Gasteiger partial charge is 0.276 e. The van der Waals surface area contributed by atoms with Gasteiger partial charge >= 0.3 is 0 Å². The first-order valence-corrected chi connectivity index (χ1v) is 13.4. The molecule has 188 valence electrons. The van der Waals surface area contributed by atoms with Gasteiger partial charge in [0.2, 0.25) is 5.69 Å². The maximum absolute atomic E-state index is 9.51. The lowest BCUT2D eigenvalue weighted by molar-refractivity contribution is 0.794. The quantitative estimate of drug-likeness (QED) is 0.215. The molecule has 2 aromatic heterocycles. The number of fused-ring (bicyclic) bond motifs is 10. The van der Waals surface area contributed by atoms with Crippen molar-refractivity contribution in [2.45, 2.75) is 5.41 Å². The lowest BCUT2D eigenvalue weighted by Gasteiger charge is -2.31. The molecule has 1 spiro atoms. The summed E-state index contributed by atoms with van der Waals surface area (Å²) in [7, 11) is 0. The van der Waals surface area contributed by atoms with Gasteiger partial charge in [-0.3, -0.25) is 9.97 Å². The van der Waals surface area contributed by atoms with E-state index in [1.54, 1.807) is 12.4 Å². The van der Waals surface area contributed by atoms with Crippen molar-refractivity contribution >= 4 is 5.69 Å². The van der Waals surface area contributed by atoms with Crippen LogP contribution in [0.25, 0.3) is 49.4 Å². The van der Waals surface area contributed by atoms with Crippen molar-refractivity contribution in [3.8, 4) is 50.6 Å². The van der Waals surface area contributed by atoms with E-state index in [2.05, 4.69) is 106 Å². The van der Waals surface area contributed by atoms with Gasteiger partial charge in [-0.1, -0.05) is 72.8 Å². The van der Waals surface area contributed by atoms with E-state index in [9.17, 15) is 5.26 Å². The maximum atomic E-state index is 9.51. The molecule has 4 heteroatoms. The molecule has 2 heterocycles. The van der Waals surface area contributed by atoms with Crippen LogP contribution in [0.1, 0.15) is 27.8 Å². The van der Waals surface area contributed by atoms with Crippen LogP contribution in [0.15, 0.2) is 122 Å². The number of aromatic nitrogens is 2. The zero-order valence-corrected chi connectivity index (χ0v) is 21.8. The van der Waals surface area contributed by atoms with E-state index < -0.39 is 5.41 Å². The van der Waals surface area contributed by atoms with E-state index in [1.807, 2.05) is 24.5 Å². The highest BCUT2D eigenvalue weighted by Gasteiger charge is 2.51. The zero-order valence-electron chi connectivity index (χ0n) is 21.8. The van der Waals surface area contributed by atoms with Gasteiger partial charge in [0.25, 0.3) is 0 Å². The summed E-state index contributed by atoms with van der Waals surface area (Å²) in [4.78, 5) is 12.3. The number of hydrogen-bond donors (Lipinski definition) is 0. The zero-order chi connectivity index (χ0) is 27.6. The van der Waals surface area contributed by atoms with E-state index >= 15 is 0 Å². The molecule has 0 bridgehead atoms. The van der Waals surface area contributed by atoms with Crippen molar-refractivity contribution in [3.63, 3.8) is 0 Å². The Bertz CT molecular complexity index is 1990. The van der Waals surface area contributed by atoms with Gasteiger partial charge in [0, 0.05) is 30.4 Å². The molecule has 2 aliphatic rings. The molecule has 0 saturated carbocycles. The SMILES string of the molecule is [C-]#[N+]c1cncc(-c2ccc3c(c2)C2(c4ccccc4-c4ccccc42)c2cc(-c4cncc(C#N)c4)ccc2-3)c1. The van der Waals surface area contributed by atoms with E-state index in [0.29, 0.717) is 11.3 Å². The highest BCUT2D eigenvalue weighted by molar-refractivity contribution is 5.96. The number of pyridine rings is 2. The molecule has 0 unspecified atom stereocenters. The molecule has 0 radical (unpaired) electrons. The summed E-state index contributed by atoms with van der Waals surface area (Å²) in [5.74, 6) is 0. The summed E-state index contributed by atoms with van der Waals surface area (Å²) < 4.78 is 0. The Labute approximate surface area is 237 Å². The van der Waals surface area contributed by atoms with Crippen molar-refractivity contribution in [2.24, 2.45) is 0 Å². The second kappa shape index (κ2) is 8.58. The molecular weight excluding hydrogens is 500 g/mol. The normalized spacial score (nSPS) is 13.0. The number of nitrogens with zero attached hydrogens (tertiary/aromatic N) is 4. The van der Waals surface area contributed by atoms with E-state index in [1.165, 1.54) is 44.5 Å². The van der Waals surface area contributed by atoms with Gasteiger partial charge < -0.3 is 0 Å². The smallest absolute Gasteiger partial charge is 0.205 e. The first-order valence-electron chi connectivity index (χ1n) is 13.4. The predicted octanol–water partition coefficient (Wildman–Crippen LogP) is 8.58. The highest BCUT2D eigenvalue weighted by Crippen LogP contribution is 2.63. The average molecular weight is 521 g/mol. The molecule has 0 amide bonds. The Kier molecular flexibility index (Phi) is 4.83. The molecule has 0 N–H and O–H groups in total. The molecule has 41 heavy (non-hydrogen) atoms. The number of nitriles is 1. The van der Waals surface area contributed by atoms with Gasteiger partial charge in [-0.25, -0.2) is 4.85 Å². The van der Waals surface area contributed by atoms with Crippen molar-refractivity contribution in [1.29, 1.82) is 5.26 Å². The summed E-state index contributed by atoms with van der Waals surface area (Å²) in [6.45, 7) is 7.49. The van der Waals surface area contributed by atoms with Crippen LogP contribution in [-0.2, 0) is 5.41 Å². The molecule has 4 aromatic carbocycles. The summed E-state index contributed by atoms with van der Waals surface area (Å²) in [5.41, 5.74) is 14.3. The molecule has 0 atom stereocenters. The van der Waals surface area contributed by atoms with E-state index in [-0.39, 0.29) is 0 Å². The second-order valence-electron chi connectivity index (χ2n) is 10.5. The van der Waals surface area contributed by atoms with E-state index in [0.717, 1.165) is 22.3 Å². The van der Waals surface area contributed by atoms with E-state index in [4.69, 9.17) is 6.57 Å². The van der Waals surface area contributed by atoms with Crippen molar-refractivity contribution in [3.05, 3.63) is 161 Å². The van der Waals surface area contributed by atoms with Crippen LogP contribution in [0, 0.1) is 17.9 Å². The Morgan fingerprint density at radius 2 is 1.10 bits per heavy atom. The van der Waals surface area contributed by atoms with Crippen molar-refractivity contribution < 1.29 is 0 Å². The fourth-order valence-electron chi connectivity index (χ4n) is 6.80. The van der Waals surface area contributed by atoms with Gasteiger partial charge in [0.15, 0.2) is 0 Å². The van der Waals surface area contributed by atoms with Crippen molar-refractivity contribution in [2.75, 3.05) is 0 Å². The third-order valence-electron chi connectivity index (χ3n) is 8.48. The molecular formula is C37H20N4. The topological polar surface area (TPSA) is 53.9 Å². The molecule has 0 aliphatic heterocycles. The molecule has 4 nitrogen and oxygen atoms in total. The lowest BCUT2D eigenvalue weighted by atomic mass is 9.70. The van der Waals surface area contributed by atoms with Crippen LogP contribution in [0.3, 0.4) is 0 Å². The average Bonchev–Trinajstić information content (AvgIpc) is 3.51. The number of hydrogen-bond acceptors (Lipinski definition) is 3. The first kappa shape index (κ1) is 23.1. The Hall–Kier alpha value is -5.84. The minimum absolute atomic E-state index is 0.519. The third kappa shape index (κ3) is 3.13. The summed E-state index contributed by atoms with van der Waals surface area (Å²) in [6.07, 6.45) is 6.84. The summed E-state index contributed by atoms with van der Waals surface area (Å²) in [5, 5.41) is 9.51. The van der Waals surface area contributed by atoms with Gasteiger partial charge in [-0.2, -0.15) is 5.26 Å². The lowest BCUT2D eigenvalue weighted by Crippen LogP contribution is -2.26. The maximum Gasteiger partial charge on any atom is 0.205 e. The number of benzene rings is 4. The molecule has 0 saturated heterocycles. The summed E-state index contributed by atoms with van der Waals surface area (Å²) in [6, 6.07) is 36.7. The fraction of sp³-hybridized carbons (Fsp3) is 0.0270. The molecule has 2 aliphatic carbocycles.